The maximum Gasteiger partial charge on any atom is 0.323 e. The quantitative estimate of drug-likeness (QED) is 0.649. The highest BCUT2D eigenvalue weighted by molar-refractivity contribution is 5.76. The van der Waals surface area contributed by atoms with E-state index in [4.69, 9.17) is 5.73 Å². The molecule has 0 saturated heterocycles. The normalized spacial score (nSPS) is 21.0. The van der Waals surface area contributed by atoms with E-state index < -0.39 is 0 Å². The molecule has 1 amide bonds. The van der Waals surface area contributed by atoms with Crippen molar-refractivity contribution in [3.8, 4) is 0 Å². The summed E-state index contributed by atoms with van der Waals surface area (Å²) in [6.45, 7) is 0.653. The molecule has 0 aliphatic heterocycles. The molecule has 1 aliphatic rings. The van der Waals surface area contributed by atoms with Crippen molar-refractivity contribution in [3.05, 3.63) is 34.2 Å². The number of benzene rings is 1. The number of H-pyrrole nitrogens is 2. The molecule has 2 aromatic rings. The summed E-state index contributed by atoms with van der Waals surface area (Å²) >= 11 is 0. The van der Waals surface area contributed by atoms with Gasteiger partial charge in [0.1, 0.15) is 0 Å². The molecule has 0 radical (unpaired) electrons. The van der Waals surface area contributed by atoms with Crippen LogP contribution in [0.4, 0.5) is 0 Å². The van der Waals surface area contributed by atoms with E-state index in [9.17, 15) is 9.59 Å². The molecule has 1 aromatic carbocycles. The fraction of sp³-hybridized carbons (Fsp3) is 0.556. The van der Waals surface area contributed by atoms with Gasteiger partial charge in [0.05, 0.1) is 11.0 Å². The number of amides is 1. The zero-order chi connectivity index (χ0) is 16.9. The zero-order valence-corrected chi connectivity index (χ0v) is 13.9. The Morgan fingerprint density at radius 1 is 1.21 bits per heavy atom. The van der Waals surface area contributed by atoms with Crippen molar-refractivity contribution in [2.75, 3.05) is 6.54 Å². The second-order valence-corrected chi connectivity index (χ2v) is 6.77. The van der Waals surface area contributed by atoms with Gasteiger partial charge in [-0.2, -0.15) is 0 Å². The Morgan fingerprint density at radius 2 is 2.00 bits per heavy atom. The first-order valence-corrected chi connectivity index (χ1v) is 8.86. The van der Waals surface area contributed by atoms with E-state index in [1.165, 1.54) is 12.8 Å². The molecule has 6 heteroatoms. The lowest BCUT2D eigenvalue weighted by Crippen LogP contribution is -2.44. The van der Waals surface area contributed by atoms with Crippen LogP contribution in [-0.2, 0) is 11.2 Å². The Kier molecular flexibility index (Phi) is 5.35. The molecule has 1 aliphatic carbocycles. The molecule has 2 atom stereocenters. The largest absolute Gasteiger partial charge is 0.353 e. The third-order valence-corrected chi connectivity index (χ3v) is 5.01. The van der Waals surface area contributed by atoms with Crippen LogP contribution >= 0.6 is 0 Å². The van der Waals surface area contributed by atoms with Crippen molar-refractivity contribution in [2.24, 2.45) is 11.7 Å². The lowest BCUT2D eigenvalue weighted by atomic mass is 9.84. The number of fused-ring (bicyclic) bond motifs is 1. The first-order valence-electron chi connectivity index (χ1n) is 8.86. The lowest BCUT2D eigenvalue weighted by Gasteiger charge is -2.31. The predicted octanol–water partition coefficient (Wildman–Crippen LogP) is 1.81. The standard InChI is InChI=1S/C18H26N4O2/c19-11-13-5-1-2-6-14(13)20-17(23)7-3-4-12-8-9-15-16(10-12)22-18(24)21-15/h8-10,13-14H,1-7,11,19H2,(H,20,23)(H2,21,22,24). The summed E-state index contributed by atoms with van der Waals surface area (Å²) in [5, 5.41) is 3.17. The van der Waals surface area contributed by atoms with Crippen LogP contribution in [-0.4, -0.2) is 28.5 Å². The third-order valence-electron chi connectivity index (χ3n) is 5.01. The van der Waals surface area contributed by atoms with Crippen molar-refractivity contribution >= 4 is 16.9 Å². The Labute approximate surface area is 141 Å². The highest BCUT2D eigenvalue weighted by Gasteiger charge is 2.24. The van der Waals surface area contributed by atoms with Gasteiger partial charge in [-0.1, -0.05) is 18.9 Å². The zero-order valence-electron chi connectivity index (χ0n) is 13.9. The van der Waals surface area contributed by atoms with Crippen LogP contribution in [0.15, 0.2) is 23.0 Å². The fourth-order valence-corrected chi connectivity index (χ4v) is 3.65. The number of aryl methyl sites for hydroxylation is 1. The number of carbonyl (C=O) groups is 1. The van der Waals surface area contributed by atoms with Gasteiger partial charge in [-0.05, 0) is 55.8 Å². The van der Waals surface area contributed by atoms with Gasteiger partial charge in [0.2, 0.25) is 5.91 Å². The molecule has 1 aromatic heterocycles. The van der Waals surface area contributed by atoms with Crippen LogP contribution in [0.2, 0.25) is 0 Å². The van der Waals surface area contributed by atoms with Gasteiger partial charge in [0.15, 0.2) is 0 Å². The maximum absolute atomic E-state index is 12.2. The van der Waals surface area contributed by atoms with E-state index in [0.717, 1.165) is 42.3 Å². The molecule has 1 fully saturated rings. The molecule has 6 nitrogen and oxygen atoms in total. The van der Waals surface area contributed by atoms with E-state index in [1.54, 1.807) is 0 Å². The van der Waals surface area contributed by atoms with Crippen molar-refractivity contribution < 1.29 is 4.79 Å². The van der Waals surface area contributed by atoms with Crippen molar-refractivity contribution in [3.63, 3.8) is 0 Å². The number of rotatable bonds is 6. The van der Waals surface area contributed by atoms with E-state index in [0.29, 0.717) is 18.9 Å². The number of nitrogens with two attached hydrogens (primary N) is 1. The minimum Gasteiger partial charge on any atom is -0.353 e. The monoisotopic (exact) mass is 330 g/mol. The van der Waals surface area contributed by atoms with Gasteiger partial charge in [-0.25, -0.2) is 4.79 Å². The van der Waals surface area contributed by atoms with E-state index in [2.05, 4.69) is 15.3 Å². The van der Waals surface area contributed by atoms with Crippen LogP contribution in [0.5, 0.6) is 0 Å². The van der Waals surface area contributed by atoms with Crippen LogP contribution in [0, 0.1) is 5.92 Å². The topological polar surface area (TPSA) is 104 Å². The number of nitrogens with one attached hydrogen (secondary N) is 3. The summed E-state index contributed by atoms with van der Waals surface area (Å²) < 4.78 is 0. The summed E-state index contributed by atoms with van der Waals surface area (Å²) in [4.78, 5) is 28.9. The number of imidazole rings is 1. The smallest absolute Gasteiger partial charge is 0.323 e. The maximum atomic E-state index is 12.2. The second-order valence-electron chi connectivity index (χ2n) is 6.77. The van der Waals surface area contributed by atoms with E-state index in [-0.39, 0.29) is 17.6 Å². The molecule has 130 valence electrons. The first kappa shape index (κ1) is 16.8. The molecule has 3 rings (SSSR count). The fourth-order valence-electron chi connectivity index (χ4n) is 3.65. The summed E-state index contributed by atoms with van der Waals surface area (Å²) in [6, 6.07) is 6.11. The molecule has 1 saturated carbocycles. The van der Waals surface area contributed by atoms with Gasteiger partial charge in [0.25, 0.3) is 0 Å². The average molecular weight is 330 g/mol. The van der Waals surface area contributed by atoms with Crippen molar-refractivity contribution in [1.29, 1.82) is 0 Å². The average Bonchev–Trinajstić information content (AvgIpc) is 2.94. The highest BCUT2D eigenvalue weighted by atomic mass is 16.1. The Bertz CT molecular complexity index is 749. The van der Waals surface area contributed by atoms with Gasteiger partial charge in [-0.3, -0.25) is 4.79 Å². The van der Waals surface area contributed by atoms with Gasteiger partial charge >= 0.3 is 5.69 Å². The SMILES string of the molecule is NCC1CCCCC1NC(=O)CCCc1ccc2[nH]c(=O)[nH]c2c1. The molecule has 0 spiro atoms. The molecule has 1 heterocycles. The number of aromatic nitrogens is 2. The van der Waals surface area contributed by atoms with Crippen LogP contribution in [0.25, 0.3) is 11.0 Å². The van der Waals surface area contributed by atoms with E-state index in [1.807, 2.05) is 18.2 Å². The van der Waals surface area contributed by atoms with Gasteiger partial charge in [-0.15, -0.1) is 0 Å². The number of hydrogen-bond donors (Lipinski definition) is 4. The Balaban J connectivity index is 1.47. The van der Waals surface area contributed by atoms with Crippen LogP contribution < -0.4 is 16.7 Å². The number of aromatic amines is 2. The summed E-state index contributed by atoms with van der Waals surface area (Å²) in [5.41, 5.74) is 8.38. The summed E-state index contributed by atoms with van der Waals surface area (Å²) in [6.07, 6.45) is 6.71. The lowest BCUT2D eigenvalue weighted by molar-refractivity contribution is -0.122. The molecule has 2 unspecified atom stereocenters. The molecular weight excluding hydrogens is 304 g/mol. The molecule has 5 N–H and O–H groups in total. The Hall–Kier alpha value is -2.08. The first-order chi connectivity index (χ1) is 11.7. The van der Waals surface area contributed by atoms with Gasteiger partial charge in [0, 0.05) is 12.5 Å². The van der Waals surface area contributed by atoms with Crippen LogP contribution in [0.3, 0.4) is 0 Å². The predicted molar refractivity (Wildman–Crippen MR) is 94.8 cm³/mol. The van der Waals surface area contributed by atoms with Crippen molar-refractivity contribution in [2.45, 2.75) is 51.0 Å². The molecule has 0 bridgehead atoms. The highest BCUT2D eigenvalue weighted by Crippen LogP contribution is 2.23. The molecule has 24 heavy (non-hydrogen) atoms. The minimum atomic E-state index is -0.191. The van der Waals surface area contributed by atoms with Gasteiger partial charge < -0.3 is 21.0 Å². The summed E-state index contributed by atoms with van der Waals surface area (Å²) in [5.74, 6) is 0.548. The van der Waals surface area contributed by atoms with Crippen LogP contribution in [0.1, 0.15) is 44.1 Å². The third kappa shape index (κ3) is 4.06. The molecular formula is C18H26N4O2. The second kappa shape index (κ2) is 7.66. The van der Waals surface area contributed by atoms with E-state index >= 15 is 0 Å². The Morgan fingerprint density at radius 3 is 2.83 bits per heavy atom. The minimum absolute atomic E-state index is 0.122. The number of hydrogen-bond acceptors (Lipinski definition) is 3. The summed E-state index contributed by atoms with van der Waals surface area (Å²) in [7, 11) is 0. The van der Waals surface area contributed by atoms with Crippen molar-refractivity contribution in [1.82, 2.24) is 15.3 Å². The number of carbonyl (C=O) groups excluding carboxylic acids is 1.